The first-order valence-electron chi connectivity index (χ1n) is 6.77. The molecular weight excluding hydrogens is 281 g/mol. The number of carbonyl (C=O) groups is 1. The van der Waals surface area contributed by atoms with E-state index in [9.17, 15) is 18.0 Å². The lowest BCUT2D eigenvalue weighted by molar-refractivity contribution is -0.138. The molecule has 0 saturated heterocycles. The van der Waals surface area contributed by atoms with Crippen LogP contribution in [0.2, 0.25) is 0 Å². The van der Waals surface area contributed by atoms with E-state index in [0.717, 1.165) is 6.07 Å². The van der Waals surface area contributed by atoms with E-state index < -0.39 is 17.6 Å². The van der Waals surface area contributed by atoms with E-state index >= 15 is 0 Å². The highest BCUT2D eigenvalue weighted by Crippen LogP contribution is 2.35. The molecule has 0 atom stereocenters. The van der Waals surface area contributed by atoms with E-state index in [4.69, 9.17) is 0 Å². The van der Waals surface area contributed by atoms with Crippen LogP contribution in [0.5, 0.6) is 0 Å². The number of carbonyl (C=O) groups excluding carboxylic acids is 1. The van der Waals surface area contributed by atoms with Gasteiger partial charge >= 0.3 is 6.18 Å². The predicted octanol–water partition coefficient (Wildman–Crippen LogP) is 3.12. The number of amides is 1. The third-order valence-corrected chi connectivity index (χ3v) is 3.09. The maximum atomic E-state index is 13.1. The predicted molar refractivity (Wildman–Crippen MR) is 76.4 cm³/mol. The van der Waals surface area contributed by atoms with Gasteiger partial charge in [-0.2, -0.15) is 13.2 Å². The quantitative estimate of drug-likeness (QED) is 0.906. The summed E-state index contributed by atoms with van der Waals surface area (Å²) in [7, 11) is 3.71. The van der Waals surface area contributed by atoms with Crippen LogP contribution in [0.25, 0.3) is 0 Å². The molecule has 0 spiro atoms. The molecule has 0 bridgehead atoms. The summed E-state index contributed by atoms with van der Waals surface area (Å²) in [6.07, 6.45) is -4.46. The van der Waals surface area contributed by atoms with Crippen LogP contribution < -0.4 is 5.32 Å². The lowest BCUT2D eigenvalue weighted by atomic mass is 9.94. The van der Waals surface area contributed by atoms with Crippen molar-refractivity contribution in [2.45, 2.75) is 25.9 Å². The maximum Gasteiger partial charge on any atom is 0.416 e. The van der Waals surface area contributed by atoms with Crippen molar-refractivity contribution in [3.8, 4) is 0 Å². The third-order valence-electron chi connectivity index (χ3n) is 3.09. The van der Waals surface area contributed by atoms with Gasteiger partial charge in [0.1, 0.15) is 0 Å². The molecule has 0 radical (unpaired) electrons. The van der Waals surface area contributed by atoms with Crippen LogP contribution in [0.1, 0.15) is 41.3 Å². The minimum atomic E-state index is -4.46. The highest BCUT2D eigenvalue weighted by molar-refractivity contribution is 5.94. The molecule has 1 amide bonds. The maximum absolute atomic E-state index is 13.1. The molecule has 0 unspecified atom stereocenters. The average molecular weight is 302 g/mol. The summed E-state index contributed by atoms with van der Waals surface area (Å²) < 4.78 is 39.2. The number of hydrogen-bond donors (Lipinski definition) is 1. The lowest BCUT2D eigenvalue weighted by Crippen LogP contribution is -2.31. The molecule has 3 nitrogen and oxygen atoms in total. The number of nitrogens with zero attached hydrogens (tertiary/aromatic N) is 1. The summed E-state index contributed by atoms with van der Waals surface area (Å²) in [4.78, 5) is 13.8. The molecule has 0 aliphatic carbocycles. The second-order valence-electron chi connectivity index (χ2n) is 5.51. The van der Waals surface area contributed by atoms with Gasteiger partial charge in [0.15, 0.2) is 0 Å². The average Bonchev–Trinajstić information content (AvgIpc) is 2.36. The van der Waals surface area contributed by atoms with Crippen LogP contribution in [0.15, 0.2) is 18.2 Å². The minimum absolute atomic E-state index is 0.0329. The van der Waals surface area contributed by atoms with Crippen molar-refractivity contribution in [1.82, 2.24) is 10.2 Å². The number of benzene rings is 1. The summed E-state index contributed by atoms with van der Waals surface area (Å²) in [6, 6.07) is 3.75. The van der Waals surface area contributed by atoms with E-state index in [2.05, 4.69) is 5.32 Å². The van der Waals surface area contributed by atoms with Gasteiger partial charge in [-0.3, -0.25) is 4.79 Å². The van der Waals surface area contributed by atoms with Gasteiger partial charge < -0.3 is 10.2 Å². The van der Waals surface area contributed by atoms with Crippen molar-refractivity contribution in [2.75, 3.05) is 27.2 Å². The molecule has 0 aliphatic rings. The first kappa shape index (κ1) is 17.5. The summed E-state index contributed by atoms with van der Waals surface area (Å²) in [6.45, 7) is 4.41. The molecule has 0 aromatic heterocycles. The zero-order chi connectivity index (χ0) is 16.2. The fraction of sp³-hybridized carbons (Fsp3) is 0.533. The minimum Gasteiger partial charge on any atom is -0.351 e. The smallest absolute Gasteiger partial charge is 0.351 e. The molecular formula is C15H21F3N2O. The Hall–Kier alpha value is -1.56. The Labute approximate surface area is 123 Å². The van der Waals surface area contributed by atoms with Crippen LogP contribution in [0, 0.1) is 0 Å². The zero-order valence-electron chi connectivity index (χ0n) is 12.7. The summed E-state index contributed by atoms with van der Waals surface area (Å²) in [5.41, 5.74) is -0.504. The molecule has 1 aromatic carbocycles. The second-order valence-corrected chi connectivity index (χ2v) is 5.51. The van der Waals surface area contributed by atoms with E-state index in [1.165, 1.54) is 12.1 Å². The highest BCUT2D eigenvalue weighted by Gasteiger charge is 2.34. The molecule has 1 N–H and O–H groups in total. The highest BCUT2D eigenvalue weighted by atomic mass is 19.4. The molecule has 6 heteroatoms. The monoisotopic (exact) mass is 302 g/mol. The second kappa shape index (κ2) is 6.93. The van der Waals surface area contributed by atoms with E-state index in [-0.39, 0.29) is 17.0 Å². The molecule has 0 fully saturated rings. The zero-order valence-corrected chi connectivity index (χ0v) is 12.7. The van der Waals surface area contributed by atoms with Gasteiger partial charge in [0.25, 0.3) is 5.91 Å². The van der Waals surface area contributed by atoms with Crippen molar-refractivity contribution in [2.24, 2.45) is 0 Å². The molecule has 1 aromatic rings. The number of nitrogens with one attached hydrogen (secondary N) is 1. The van der Waals surface area contributed by atoms with E-state index in [0.29, 0.717) is 13.1 Å². The van der Waals surface area contributed by atoms with Crippen molar-refractivity contribution in [3.05, 3.63) is 34.9 Å². The van der Waals surface area contributed by atoms with Crippen LogP contribution in [0.3, 0.4) is 0 Å². The standard InChI is InChI=1S/C15H21F3N2O/c1-10(2)12-6-5-11(9-13(12)15(16,17)18)14(21)19-7-8-20(3)4/h5-6,9-10H,7-8H2,1-4H3,(H,19,21). The van der Waals surface area contributed by atoms with Gasteiger partial charge in [-0.1, -0.05) is 19.9 Å². The molecule has 0 heterocycles. The molecule has 0 aliphatic heterocycles. The van der Waals surface area contributed by atoms with Crippen molar-refractivity contribution < 1.29 is 18.0 Å². The Bertz CT molecular complexity index is 496. The van der Waals surface area contributed by atoms with Gasteiger partial charge in [0.2, 0.25) is 0 Å². The number of likely N-dealkylation sites (N-methyl/N-ethyl adjacent to an activating group) is 1. The number of alkyl halides is 3. The first-order chi connectivity index (χ1) is 9.62. The number of hydrogen-bond acceptors (Lipinski definition) is 2. The Morgan fingerprint density at radius 1 is 1.29 bits per heavy atom. The number of halogens is 3. The molecule has 21 heavy (non-hydrogen) atoms. The van der Waals surface area contributed by atoms with Gasteiger partial charge in [0.05, 0.1) is 5.56 Å². The summed E-state index contributed by atoms with van der Waals surface area (Å²) in [5.74, 6) is -0.745. The van der Waals surface area contributed by atoms with E-state index in [1.807, 2.05) is 19.0 Å². The van der Waals surface area contributed by atoms with Gasteiger partial charge in [-0.15, -0.1) is 0 Å². The Morgan fingerprint density at radius 2 is 1.90 bits per heavy atom. The fourth-order valence-corrected chi connectivity index (χ4v) is 1.94. The van der Waals surface area contributed by atoms with Gasteiger partial charge in [0, 0.05) is 18.7 Å². The molecule has 0 saturated carbocycles. The van der Waals surface area contributed by atoms with Crippen LogP contribution in [-0.2, 0) is 6.18 Å². The molecule has 118 valence electrons. The summed E-state index contributed by atoms with van der Waals surface area (Å²) >= 11 is 0. The van der Waals surface area contributed by atoms with Crippen LogP contribution >= 0.6 is 0 Å². The van der Waals surface area contributed by atoms with Crippen molar-refractivity contribution in [1.29, 1.82) is 0 Å². The molecule has 1 rings (SSSR count). The fourth-order valence-electron chi connectivity index (χ4n) is 1.94. The van der Waals surface area contributed by atoms with Gasteiger partial charge in [-0.05, 0) is 37.7 Å². The van der Waals surface area contributed by atoms with Crippen molar-refractivity contribution >= 4 is 5.91 Å². The SMILES string of the molecule is CC(C)c1ccc(C(=O)NCCN(C)C)cc1C(F)(F)F. The van der Waals surface area contributed by atoms with Gasteiger partial charge in [-0.25, -0.2) is 0 Å². The van der Waals surface area contributed by atoms with Crippen molar-refractivity contribution in [3.63, 3.8) is 0 Å². The lowest BCUT2D eigenvalue weighted by Gasteiger charge is -2.17. The van der Waals surface area contributed by atoms with E-state index in [1.54, 1.807) is 13.8 Å². The Morgan fingerprint density at radius 3 is 2.38 bits per heavy atom. The van der Waals surface area contributed by atoms with Crippen LogP contribution in [-0.4, -0.2) is 38.0 Å². The largest absolute Gasteiger partial charge is 0.416 e. The Balaban J connectivity index is 2.97. The third kappa shape index (κ3) is 5.04. The first-order valence-corrected chi connectivity index (χ1v) is 6.77. The topological polar surface area (TPSA) is 32.3 Å². The number of rotatable bonds is 5. The Kier molecular flexibility index (Phi) is 5.78. The van der Waals surface area contributed by atoms with Crippen LogP contribution in [0.4, 0.5) is 13.2 Å². The summed E-state index contributed by atoms with van der Waals surface area (Å²) in [5, 5.41) is 2.61. The normalized spacial score (nSPS) is 12.0.